The molecule has 2 fully saturated rings. The topological polar surface area (TPSA) is 26.0 Å². The lowest BCUT2D eigenvalue weighted by Gasteiger charge is -2.38. The van der Waals surface area contributed by atoms with Crippen molar-refractivity contribution in [3.8, 4) is 0 Å². The average molecular weight is 254 g/mol. The Labute approximate surface area is 106 Å². The zero-order chi connectivity index (χ0) is 11.2. The van der Waals surface area contributed by atoms with E-state index in [0.717, 1.165) is 23.1 Å². The van der Waals surface area contributed by atoms with Crippen LogP contribution in [0.3, 0.4) is 0 Å². The van der Waals surface area contributed by atoms with E-state index < -0.39 is 0 Å². The standard InChI is InChI=1S/C13H16ClNS/c14-11-8-9(13(15)6-1-7-13)2-5-12(11)16-10-3-4-10/h2,5,8,10H,1,3-4,6-7,15H2. The van der Waals surface area contributed by atoms with Crippen LogP contribution >= 0.6 is 23.4 Å². The van der Waals surface area contributed by atoms with Gasteiger partial charge in [-0.15, -0.1) is 11.8 Å². The molecule has 16 heavy (non-hydrogen) atoms. The summed E-state index contributed by atoms with van der Waals surface area (Å²) in [6.07, 6.45) is 6.11. The van der Waals surface area contributed by atoms with E-state index in [1.54, 1.807) is 0 Å². The smallest absolute Gasteiger partial charge is 0.0545 e. The van der Waals surface area contributed by atoms with Crippen molar-refractivity contribution in [1.82, 2.24) is 0 Å². The molecule has 1 aromatic rings. The van der Waals surface area contributed by atoms with E-state index in [-0.39, 0.29) is 5.54 Å². The first-order valence-corrected chi connectivity index (χ1v) is 7.19. The van der Waals surface area contributed by atoms with Gasteiger partial charge < -0.3 is 5.73 Å². The highest BCUT2D eigenvalue weighted by atomic mass is 35.5. The van der Waals surface area contributed by atoms with Crippen molar-refractivity contribution >= 4 is 23.4 Å². The monoisotopic (exact) mass is 253 g/mol. The van der Waals surface area contributed by atoms with Gasteiger partial charge in [0.15, 0.2) is 0 Å². The van der Waals surface area contributed by atoms with E-state index in [0.29, 0.717) is 0 Å². The summed E-state index contributed by atoms with van der Waals surface area (Å²) in [6, 6.07) is 6.38. The van der Waals surface area contributed by atoms with Crippen molar-refractivity contribution in [2.45, 2.75) is 47.8 Å². The first kappa shape index (κ1) is 10.9. The highest BCUT2D eigenvalue weighted by Crippen LogP contribution is 2.44. The Balaban J connectivity index is 1.83. The number of thioether (sulfide) groups is 1. The maximum atomic E-state index is 6.31. The Hall–Kier alpha value is -0.180. The van der Waals surface area contributed by atoms with Crippen LogP contribution in [0.15, 0.2) is 23.1 Å². The van der Waals surface area contributed by atoms with Crippen LogP contribution in [0.2, 0.25) is 5.02 Å². The summed E-state index contributed by atoms with van der Waals surface area (Å²) in [4.78, 5) is 1.22. The van der Waals surface area contributed by atoms with Crippen LogP contribution in [0, 0.1) is 0 Å². The van der Waals surface area contributed by atoms with Crippen LogP contribution in [0.4, 0.5) is 0 Å². The number of rotatable bonds is 3. The molecule has 0 aromatic heterocycles. The first-order chi connectivity index (χ1) is 7.67. The molecule has 0 saturated heterocycles. The quantitative estimate of drug-likeness (QED) is 0.883. The first-order valence-electron chi connectivity index (χ1n) is 5.93. The zero-order valence-corrected chi connectivity index (χ0v) is 10.8. The van der Waals surface area contributed by atoms with Crippen molar-refractivity contribution in [3.05, 3.63) is 28.8 Å². The van der Waals surface area contributed by atoms with Gasteiger partial charge in [-0.3, -0.25) is 0 Å². The maximum absolute atomic E-state index is 6.31. The molecule has 1 nitrogen and oxygen atoms in total. The SMILES string of the molecule is NC1(c2ccc(SC3CC3)c(Cl)c2)CCC1. The molecule has 0 spiro atoms. The minimum absolute atomic E-state index is 0.0909. The van der Waals surface area contributed by atoms with Crippen LogP contribution in [0.1, 0.15) is 37.7 Å². The maximum Gasteiger partial charge on any atom is 0.0545 e. The predicted molar refractivity (Wildman–Crippen MR) is 70.0 cm³/mol. The van der Waals surface area contributed by atoms with Gasteiger partial charge in [-0.05, 0) is 49.8 Å². The third-order valence-electron chi connectivity index (χ3n) is 3.57. The molecular weight excluding hydrogens is 238 g/mol. The van der Waals surface area contributed by atoms with Gasteiger partial charge in [-0.25, -0.2) is 0 Å². The summed E-state index contributed by atoms with van der Waals surface area (Å²) in [5, 5.41) is 1.69. The van der Waals surface area contributed by atoms with E-state index in [1.165, 1.54) is 29.7 Å². The third kappa shape index (κ3) is 1.99. The molecule has 0 radical (unpaired) electrons. The fourth-order valence-electron chi connectivity index (χ4n) is 2.12. The second-order valence-corrected chi connectivity index (χ2v) is 6.72. The molecule has 2 N–H and O–H groups in total. The molecule has 1 aromatic carbocycles. The Morgan fingerprint density at radius 2 is 2.06 bits per heavy atom. The minimum atomic E-state index is -0.0909. The molecule has 0 heterocycles. The van der Waals surface area contributed by atoms with Gasteiger partial charge in [-0.2, -0.15) is 0 Å². The van der Waals surface area contributed by atoms with Crippen LogP contribution in [-0.4, -0.2) is 5.25 Å². The van der Waals surface area contributed by atoms with E-state index in [9.17, 15) is 0 Å². The molecule has 3 heteroatoms. The van der Waals surface area contributed by atoms with Crippen LogP contribution in [0.25, 0.3) is 0 Å². The van der Waals surface area contributed by atoms with Crippen LogP contribution in [0.5, 0.6) is 0 Å². The summed E-state index contributed by atoms with van der Waals surface area (Å²) >= 11 is 8.22. The van der Waals surface area contributed by atoms with Crippen molar-refractivity contribution in [3.63, 3.8) is 0 Å². The summed E-state index contributed by atoms with van der Waals surface area (Å²) in [5.74, 6) is 0. The lowest BCUT2D eigenvalue weighted by molar-refractivity contribution is 0.253. The van der Waals surface area contributed by atoms with Gasteiger partial charge in [0.05, 0.1) is 5.02 Å². The molecule has 86 valence electrons. The highest BCUT2D eigenvalue weighted by molar-refractivity contribution is 8.00. The van der Waals surface area contributed by atoms with Gasteiger partial charge in [0.25, 0.3) is 0 Å². The predicted octanol–water partition coefficient (Wildman–Crippen LogP) is 3.93. The number of benzene rings is 1. The second kappa shape index (κ2) is 3.94. The zero-order valence-electron chi connectivity index (χ0n) is 9.21. The summed E-state index contributed by atoms with van der Waals surface area (Å²) in [6.45, 7) is 0. The van der Waals surface area contributed by atoms with Crippen molar-refractivity contribution in [1.29, 1.82) is 0 Å². The van der Waals surface area contributed by atoms with Crippen molar-refractivity contribution in [2.24, 2.45) is 5.73 Å². The molecule has 2 aliphatic carbocycles. The minimum Gasteiger partial charge on any atom is -0.321 e. The summed E-state index contributed by atoms with van der Waals surface area (Å²) < 4.78 is 0. The molecular formula is C13H16ClNS. The second-order valence-electron chi connectivity index (χ2n) is 4.97. The summed E-state index contributed by atoms with van der Waals surface area (Å²) in [7, 11) is 0. The molecule has 2 aliphatic rings. The summed E-state index contributed by atoms with van der Waals surface area (Å²) in [5.41, 5.74) is 7.41. The van der Waals surface area contributed by atoms with E-state index in [4.69, 9.17) is 17.3 Å². The number of hydrogen-bond donors (Lipinski definition) is 1. The molecule has 0 unspecified atom stereocenters. The number of hydrogen-bond acceptors (Lipinski definition) is 2. The Morgan fingerprint density at radius 1 is 1.31 bits per heavy atom. The van der Waals surface area contributed by atoms with Gasteiger partial charge in [0.2, 0.25) is 0 Å². The van der Waals surface area contributed by atoms with Gasteiger partial charge in [0.1, 0.15) is 0 Å². The van der Waals surface area contributed by atoms with E-state index >= 15 is 0 Å². The van der Waals surface area contributed by atoms with Gasteiger partial charge in [-0.1, -0.05) is 17.7 Å². The Bertz CT molecular complexity index is 410. The molecule has 0 amide bonds. The fraction of sp³-hybridized carbons (Fsp3) is 0.538. The molecule has 0 bridgehead atoms. The van der Waals surface area contributed by atoms with E-state index in [1.807, 2.05) is 11.8 Å². The van der Waals surface area contributed by atoms with Crippen LogP contribution in [-0.2, 0) is 5.54 Å². The molecule has 0 atom stereocenters. The average Bonchev–Trinajstić information content (AvgIpc) is 3.01. The van der Waals surface area contributed by atoms with Gasteiger partial charge in [0, 0.05) is 15.7 Å². The normalized spacial score (nSPS) is 22.9. The highest BCUT2D eigenvalue weighted by Gasteiger charge is 2.34. The number of nitrogens with two attached hydrogens (primary N) is 1. The molecule has 3 rings (SSSR count). The number of halogens is 1. The van der Waals surface area contributed by atoms with Crippen LogP contribution < -0.4 is 5.73 Å². The van der Waals surface area contributed by atoms with Gasteiger partial charge >= 0.3 is 0 Å². The van der Waals surface area contributed by atoms with Crippen molar-refractivity contribution in [2.75, 3.05) is 0 Å². The third-order valence-corrected chi connectivity index (χ3v) is 5.41. The largest absolute Gasteiger partial charge is 0.321 e. The fourth-order valence-corrected chi connectivity index (χ4v) is 3.48. The Kier molecular flexibility index (Phi) is 2.69. The molecule has 0 aliphatic heterocycles. The van der Waals surface area contributed by atoms with Crippen molar-refractivity contribution < 1.29 is 0 Å². The Morgan fingerprint density at radius 3 is 2.56 bits per heavy atom. The van der Waals surface area contributed by atoms with E-state index in [2.05, 4.69) is 18.2 Å². The lowest BCUT2D eigenvalue weighted by Crippen LogP contribution is -2.43. The molecule has 2 saturated carbocycles. The lowest BCUT2D eigenvalue weighted by atomic mass is 9.73.